The number of nitrogens with one attached hydrogen (secondary N) is 6. The number of thiophene rings is 2. The van der Waals surface area contributed by atoms with Crippen molar-refractivity contribution in [2.75, 3.05) is 30.8 Å². The molecule has 9 N–H and O–H groups in total. The molecule has 0 bridgehead atoms. The Morgan fingerprint density at radius 2 is 0.861 bits per heavy atom. The first-order valence-corrected chi connectivity index (χ1v) is 26.2. The molecule has 0 aliphatic carbocycles. The third kappa shape index (κ3) is 14.9. The maximum Gasteiger partial charge on any atom is 0.330 e. The van der Waals surface area contributed by atoms with Crippen LogP contribution in [0.1, 0.15) is 74.0 Å². The van der Waals surface area contributed by atoms with E-state index in [-0.39, 0.29) is 41.6 Å². The number of phenolic OH excluding ortho intramolecular Hbond substituents is 2. The topological polar surface area (TPSA) is 296 Å². The standard InChI is InChI=1S/C29H29N5O5S.C28H27N5O5S/c1-17-25(27(37)34-22(28(38)39-3)16-30-26(36)24-13-8-14-40-24)18(2)33-29(32-17)31-15-19-9-4-5-10-20(19)21-11-6-7-12-23(21)35;1-16-24(26(36)33-21(27(37)38)15-29-25(35)23-12-7-13-39-23)17(2)32-28(31-16)30-14-18-8-3-4-9-19(18)20-10-5-6-11-22(20)34/h4-14,22,35H,15-16H2,1-3H3,(H,30,36)(H,34,37)(H,31,32,33);3-13,21,34H,14-15H2,1-2H3,(H,29,35)(H,33,36)(H,37,38)(H,30,31,32)/t22-;21-/m00/s1. The molecule has 8 rings (SSSR count). The Morgan fingerprint density at radius 1 is 0.494 bits per heavy atom. The largest absolute Gasteiger partial charge is 0.507 e. The highest BCUT2D eigenvalue weighted by Crippen LogP contribution is 2.33. The molecule has 4 amide bonds. The molecule has 406 valence electrons. The number of aryl methyl sites for hydroxylation is 4. The van der Waals surface area contributed by atoms with Gasteiger partial charge in [-0.1, -0.05) is 97.1 Å². The third-order valence-electron chi connectivity index (χ3n) is 12.1. The molecule has 0 radical (unpaired) electrons. The summed E-state index contributed by atoms with van der Waals surface area (Å²) in [5, 5.41) is 50.3. The highest BCUT2D eigenvalue weighted by Gasteiger charge is 2.27. The van der Waals surface area contributed by atoms with Gasteiger partial charge in [0, 0.05) is 37.3 Å². The van der Waals surface area contributed by atoms with Crippen molar-refractivity contribution in [2.24, 2.45) is 0 Å². The van der Waals surface area contributed by atoms with Gasteiger partial charge in [-0.05, 0) is 85.0 Å². The fraction of sp³-hybridized carbons (Fsp3) is 0.193. The van der Waals surface area contributed by atoms with Crippen LogP contribution in [-0.2, 0) is 27.4 Å². The van der Waals surface area contributed by atoms with Crippen LogP contribution in [0.2, 0.25) is 0 Å². The first kappa shape index (κ1) is 57.2. The molecule has 0 fully saturated rings. The van der Waals surface area contributed by atoms with Crippen LogP contribution >= 0.6 is 22.7 Å². The molecule has 0 aliphatic rings. The predicted octanol–water partition coefficient (Wildman–Crippen LogP) is 7.59. The van der Waals surface area contributed by atoms with Crippen LogP contribution in [0.3, 0.4) is 0 Å². The summed E-state index contributed by atoms with van der Waals surface area (Å²) in [7, 11) is 1.21. The molecule has 0 spiro atoms. The number of benzene rings is 4. The lowest BCUT2D eigenvalue weighted by molar-refractivity contribution is -0.142. The number of ether oxygens (including phenoxy) is 1. The van der Waals surface area contributed by atoms with E-state index in [0.29, 0.717) is 68.6 Å². The number of aromatic hydroxyl groups is 2. The van der Waals surface area contributed by atoms with Crippen molar-refractivity contribution in [3.63, 3.8) is 0 Å². The van der Waals surface area contributed by atoms with Gasteiger partial charge in [0.15, 0.2) is 0 Å². The van der Waals surface area contributed by atoms with Gasteiger partial charge in [-0.2, -0.15) is 0 Å². The highest BCUT2D eigenvalue weighted by atomic mass is 32.1. The number of hydrogen-bond donors (Lipinski definition) is 9. The number of aromatic nitrogens is 4. The number of carboxylic acid groups (broad SMARTS) is 1. The lowest BCUT2D eigenvalue weighted by atomic mass is 9.99. The van der Waals surface area contributed by atoms with E-state index < -0.39 is 41.7 Å². The quantitative estimate of drug-likeness (QED) is 0.0332. The van der Waals surface area contributed by atoms with Crippen LogP contribution in [0.5, 0.6) is 11.5 Å². The summed E-state index contributed by atoms with van der Waals surface area (Å²) >= 11 is 2.50. The monoisotopic (exact) mass is 1100 g/mol. The molecule has 0 aliphatic heterocycles. The summed E-state index contributed by atoms with van der Waals surface area (Å²) in [5.74, 6) is -2.98. The van der Waals surface area contributed by atoms with Crippen LogP contribution in [0.25, 0.3) is 22.3 Å². The van der Waals surface area contributed by atoms with Crippen LogP contribution in [0, 0.1) is 27.7 Å². The second kappa shape index (κ2) is 27.0. The second-order valence-corrected chi connectivity index (χ2v) is 19.4. The van der Waals surface area contributed by atoms with Crippen molar-refractivity contribution < 1.29 is 48.8 Å². The van der Waals surface area contributed by atoms with Gasteiger partial charge in [0.05, 0.1) is 50.8 Å². The Balaban J connectivity index is 0.000000229. The van der Waals surface area contributed by atoms with Gasteiger partial charge < -0.3 is 52.0 Å². The smallest absolute Gasteiger partial charge is 0.330 e. The number of anilines is 2. The number of amides is 4. The van der Waals surface area contributed by atoms with E-state index in [4.69, 9.17) is 4.74 Å². The van der Waals surface area contributed by atoms with Crippen molar-refractivity contribution in [3.8, 4) is 33.8 Å². The molecule has 4 aromatic heterocycles. The second-order valence-electron chi connectivity index (χ2n) is 17.5. The molecule has 4 aromatic carbocycles. The van der Waals surface area contributed by atoms with Gasteiger partial charge in [-0.3, -0.25) is 19.2 Å². The number of rotatable bonds is 20. The summed E-state index contributed by atoms with van der Waals surface area (Å²) in [6.45, 7) is 6.94. The Kier molecular flexibility index (Phi) is 19.5. The number of carbonyl (C=O) groups excluding carboxylic acids is 5. The number of para-hydroxylation sites is 2. The number of methoxy groups -OCH3 is 1. The van der Waals surface area contributed by atoms with E-state index >= 15 is 0 Å². The predicted molar refractivity (Wildman–Crippen MR) is 300 cm³/mol. The zero-order chi connectivity index (χ0) is 56.6. The van der Waals surface area contributed by atoms with Gasteiger partial charge in [-0.25, -0.2) is 29.5 Å². The minimum Gasteiger partial charge on any atom is -0.507 e. The molecule has 0 saturated carbocycles. The minimum atomic E-state index is -1.34. The van der Waals surface area contributed by atoms with E-state index in [1.54, 1.807) is 87.0 Å². The average molecular weight is 1110 g/mol. The van der Waals surface area contributed by atoms with E-state index in [0.717, 1.165) is 22.3 Å². The van der Waals surface area contributed by atoms with E-state index in [2.05, 4.69) is 51.8 Å². The summed E-state index contributed by atoms with van der Waals surface area (Å²) < 4.78 is 4.82. The van der Waals surface area contributed by atoms with Gasteiger partial charge in [0.2, 0.25) is 11.9 Å². The first-order chi connectivity index (χ1) is 38.0. The minimum absolute atomic E-state index is 0.149. The Hall–Kier alpha value is -9.54. The molecule has 22 heteroatoms. The van der Waals surface area contributed by atoms with Crippen molar-refractivity contribution in [3.05, 3.63) is 187 Å². The van der Waals surface area contributed by atoms with Crippen molar-refractivity contribution in [2.45, 2.75) is 52.9 Å². The number of phenols is 2. The first-order valence-electron chi connectivity index (χ1n) is 24.5. The number of esters is 1. The van der Waals surface area contributed by atoms with Gasteiger partial charge in [0.1, 0.15) is 23.6 Å². The van der Waals surface area contributed by atoms with Crippen LogP contribution in [0.15, 0.2) is 132 Å². The fourth-order valence-electron chi connectivity index (χ4n) is 8.25. The van der Waals surface area contributed by atoms with Crippen molar-refractivity contribution in [1.29, 1.82) is 0 Å². The highest BCUT2D eigenvalue weighted by molar-refractivity contribution is 7.12. The molecule has 20 nitrogen and oxygen atoms in total. The van der Waals surface area contributed by atoms with Crippen LogP contribution < -0.4 is 31.9 Å². The lowest BCUT2D eigenvalue weighted by Gasteiger charge is -2.18. The SMILES string of the molecule is COC(=O)[C@H](CNC(=O)c1cccs1)NC(=O)c1c(C)nc(NCc2ccccc2-c2ccccc2O)nc1C.Cc1nc(NCc2ccccc2-c2ccccc2O)nc(C)c1C(=O)N[C@@H](CNC(=O)c1cccs1)C(=O)O. The average Bonchev–Trinajstić information content (AvgIpc) is 4.22. The molecule has 0 saturated heterocycles. The van der Waals surface area contributed by atoms with E-state index in [1.165, 1.54) is 29.8 Å². The van der Waals surface area contributed by atoms with E-state index in [1.807, 2.05) is 72.8 Å². The number of aliphatic carboxylic acids is 1. The van der Waals surface area contributed by atoms with Gasteiger partial charge in [0.25, 0.3) is 23.6 Å². The van der Waals surface area contributed by atoms with Crippen LogP contribution in [0.4, 0.5) is 11.9 Å². The molecule has 2 atom stereocenters. The Labute approximate surface area is 462 Å². The van der Waals surface area contributed by atoms with Gasteiger partial charge >= 0.3 is 11.9 Å². The van der Waals surface area contributed by atoms with Gasteiger partial charge in [-0.15, -0.1) is 22.7 Å². The van der Waals surface area contributed by atoms with Crippen LogP contribution in [-0.4, -0.2) is 103 Å². The number of carboxylic acids is 1. The summed E-state index contributed by atoms with van der Waals surface area (Å²) in [6.07, 6.45) is 0. The number of carbonyl (C=O) groups is 6. The number of nitrogens with zero attached hydrogens (tertiary/aromatic N) is 4. The molecular formula is C57H56N10O10S2. The maximum atomic E-state index is 13.2. The molecule has 0 unspecified atom stereocenters. The molecule has 8 aromatic rings. The van der Waals surface area contributed by atoms with Crippen molar-refractivity contribution in [1.82, 2.24) is 41.2 Å². The molecule has 4 heterocycles. The Bertz CT molecular complexity index is 3440. The summed E-state index contributed by atoms with van der Waals surface area (Å²) in [4.78, 5) is 93.3. The zero-order valence-electron chi connectivity index (χ0n) is 43.5. The summed E-state index contributed by atoms with van der Waals surface area (Å²) in [5.41, 5.74) is 6.91. The molecule has 79 heavy (non-hydrogen) atoms. The van der Waals surface area contributed by atoms with Crippen molar-refractivity contribution >= 4 is 70.1 Å². The third-order valence-corrected chi connectivity index (χ3v) is 13.8. The normalized spacial score (nSPS) is 11.4. The maximum absolute atomic E-state index is 13.2. The lowest BCUT2D eigenvalue weighted by Crippen LogP contribution is -2.49. The molecular weight excluding hydrogens is 1050 g/mol. The zero-order valence-corrected chi connectivity index (χ0v) is 45.1. The van der Waals surface area contributed by atoms with E-state index in [9.17, 15) is 44.1 Å². The summed E-state index contributed by atoms with van der Waals surface area (Å²) in [6, 6.07) is 33.8. The number of hydrogen-bond acceptors (Lipinski definition) is 17. The Morgan fingerprint density at radius 3 is 1.23 bits per heavy atom. The fourth-order valence-corrected chi connectivity index (χ4v) is 9.53.